The first kappa shape index (κ1) is 15.4. The van der Waals surface area contributed by atoms with Crippen molar-refractivity contribution in [3.05, 3.63) is 69.5 Å². The van der Waals surface area contributed by atoms with Gasteiger partial charge in [0.2, 0.25) is 5.91 Å². The van der Waals surface area contributed by atoms with Crippen molar-refractivity contribution in [1.82, 2.24) is 0 Å². The zero-order chi connectivity index (χ0) is 17.6. The molecule has 1 aliphatic heterocycles. The molecule has 0 N–H and O–H groups in total. The normalized spacial score (nSPS) is 13.2. The monoisotopic (exact) mass is 336 g/mol. The van der Waals surface area contributed by atoms with E-state index in [0.717, 1.165) is 33.3 Å². The lowest BCUT2D eigenvalue weighted by atomic mass is 10.1. The van der Waals surface area contributed by atoms with E-state index >= 15 is 0 Å². The lowest BCUT2D eigenvalue weighted by Crippen LogP contribution is -2.30. The number of anilines is 1. The highest BCUT2D eigenvalue weighted by molar-refractivity contribution is 5.99. The lowest BCUT2D eigenvalue weighted by Gasteiger charge is -2.16. The highest BCUT2D eigenvalue weighted by atomic mass is 16.6. The summed E-state index contributed by atoms with van der Waals surface area (Å²) in [4.78, 5) is 24.9. The Morgan fingerprint density at radius 1 is 1.28 bits per heavy atom. The first-order valence-corrected chi connectivity index (χ1v) is 8.07. The van der Waals surface area contributed by atoms with Gasteiger partial charge in [0.1, 0.15) is 5.58 Å². The molecular formula is C19H16N2O4. The van der Waals surface area contributed by atoms with Crippen LogP contribution in [0, 0.1) is 17.0 Å². The second-order valence-corrected chi connectivity index (χ2v) is 6.30. The molecular weight excluding hydrogens is 320 g/mol. The fourth-order valence-corrected chi connectivity index (χ4v) is 3.35. The summed E-state index contributed by atoms with van der Waals surface area (Å²) >= 11 is 0. The molecule has 0 atom stereocenters. The molecule has 2 heterocycles. The molecule has 1 aliphatic rings. The highest BCUT2D eigenvalue weighted by Crippen LogP contribution is 2.32. The summed E-state index contributed by atoms with van der Waals surface area (Å²) in [6, 6.07) is 10.6. The molecule has 1 amide bonds. The molecule has 0 fully saturated rings. The van der Waals surface area contributed by atoms with E-state index in [1.807, 2.05) is 25.1 Å². The first-order chi connectivity index (χ1) is 12.0. The average Bonchev–Trinajstić information content (AvgIpc) is 3.18. The van der Waals surface area contributed by atoms with Crippen molar-refractivity contribution in [3.8, 4) is 0 Å². The van der Waals surface area contributed by atoms with Gasteiger partial charge in [-0.2, -0.15) is 0 Å². The fraction of sp³-hybridized carbons (Fsp3) is 0.211. The van der Waals surface area contributed by atoms with Crippen LogP contribution in [0.3, 0.4) is 0 Å². The Labute approximate surface area is 143 Å². The van der Waals surface area contributed by atoms with Gasteiger partial charge in [-0.15, -0.1) is 0 Å². The van der Waals surface area contributed by atoms with Crippen LogP contribution < -0.4 is 4.90 Å². The summed E-state index contributed by atoms with van der Waals surface area (Å²) in [7, 11) is 0. The number of benzene rings is 2. The van der Waals surface area contributed by atoms with Crippen molar-refractivity contribution >= 4 is 28.3 Å². The number of carbonyl (C=O) groups is 1. The van der Waals surface area contributed by atoms with E-state index in [2.05, 4.69) is 0 Å². The molecule has 25 heavy (non-hydrogen) atoms. The van der Waals surface area contributed by atoms with Gasteiger partial charge in [0.25, 0.3) is 5.69 Å². The predicted octanol–water partition coefficient (Wildman–Crippen LogP) is 3.78. The van der Waals surface area contributed by atoms with Gasteiger partial charge in [-0.1, -0.05) is 12.1 Å². The number of furan rings is 1. The highest BCUT2D eigenvalue weighted by Gasteiger charge is 2.27. The van der Waals surface area contributed by atoms with E-state index in [0.29, 0.717) is 13.0 Å². The number of fused-ring (bicyclic) bond motifs is 2. The molecule has 0 unspecified atom stereocenters. The van der Waals surface area contributed by atoms with Crippen LogP contribution >= 0.6 is 0 Å². The van der Waals surface area contributed by atoms with E-state index in [-0.39, 0.29) is 18.0 Å². The summed E-state index contributed by atoms with van der Waals surface area (Å²) in [5, 5.41) is 11.8. The fourth-order valence-electron chi connectivity index (χ4n) is 3.35. The van der Waals surface area contributed by atoms with Crippen LogP contribution in [0.5, 0.6) is 0 Å². The molecule has 0 aliphatic carbocycles. The van der Waals surface area contributed by atoms with Gasteiger partial charge in [0.05, 0.1) is 17.6 Å². The topological polar surface area (TPSA) is 76.6 Å². The van der Waals surface area contributed by atoms with Gasteiger partial charge in [-0.25, -0.2) is 0 Å². The number of amides is 1. The molecule has 126 valence electrons. The van der Waals surface area contributed by atoms with E-state index < -0.39 is 4.92 Å². The third kappa shape index (κ3) is 2.65. The molecule has 0 saturated heterocycles. The van der Waals surface area contributed by atoms with Crippen LogP contribution in [0.15, 0.2) is 47.1 Å². The molecule has 6 nitrogen and oxygen atoms in total. The first-order valence-electron chi connectivity index (χ1n) is 8.07. The quantitative estimate of drug-likeness (QED) is 0.539. The van der Waals surface area contributed by atoms with Gasteiger partial charge < -0.3 is 9.32 Å². The number of aryl methyl sites for hydroxylation is 1. The van der Waals surface area contributed by atoms with Crippen LogP contribution in [0.4, 0.5) is 11.4 Å². The SMILES string of the molecule is Cc1ccc2c(CC(=O)N3CCc4cc([N+](=O)[O-])ccc43)coc2c1. The molecule has 3 aromatic rings. The Bertz CT molecular complexity index is 1010. The maximum absolute atomic E-state index is 12.8. The van der Waals surface area contributed by atoms with Crippen molar-refractivity contribution in [3.63, 3.8) is 0 Å². The maximum atomic E-state index is 12.8. The Morgan fingerprint density at radius 2 is 2.12 bits per heavy atom. The minimum atomic E-state index is -0.412. The number of rotatable bonds is 3. The number of hydrogen-bond donors (Lipinski definition) is 0. The molecule has 6 heteroatoms. The Hall–Kier alpha value is -3.15. The lowest BCUT2D eigenvalue weighted by molar-refractivity contribution is -0.384. The number of carbonyl (C=O) groups excluding carboxylic acids is 1. The molecule has 0 saturated carbocycles. The molecule has 1 aromatic heterocycles. The largest absolute Gasteiger partial charge is 0.464 e. The van der Waals surface area contributed by atoms with Gasteiger partial charge >= 0.3 is 0 Å². The molecule has 0 radical (unpaired) electrons. The third-order valence-electron chi connectivity index (χ3n) is 4.62. The van der Waals surface area contributed by atoms with Gasteiger partial charge in [0.15, 0.2) is 0 Å². The zero-order valence-electron chi connectivity index (χ0n) is 13.7. The van der Waals surface area contributed by atoms with Crippen molar-refractivity contribution in [1.29, 1.82) is 0 Å². The molecule has 4 rings (SSSR count). The van der Waals surface area contributed by atoms with E-state index in [9.17, 15) is 14.9 Å². The molecule has 0 spiro atoms. The second kappa shape index (κ2) is 5.73. The van der Waals surface area contributed by atoms with Crippen molar-refractivity contribution < 1.29 is 14.1 Å². The number of nitro benzene ring substituents is 1. The van der Waals surface area contributed by atoms with Crippen molar-refractivity contribution in [2.75, 3.05) is 11.4 Å². The number of nitro groups is 1. The average molecular weight is 336 g/mol. The standard InChI is InChI=1S/C19H16N2O4/c1-12-2-4-16-14(11-25-18(16)8-12)10-19(22)20-7-6-13-9-15(21(23)24)3-5-17(13)20/h2-5,8-9,11H,6-7,10H2,1H3. The predicted molar refractivity (Wildman–Crippen MR) is 93.8 cm³/mol. The van der Waals surface area contributed by atoms with Crippen molar-refractivity contribution in [2.45, 2.75) is 19.8 Å². The number of non-ortho nitro benzene ring substituents is 1. The van der Waals surface area contributed by atoms with Crippen LogP contribution in [-0.2, 0) is 17.6 Å². The third-order valence-corrected chi connectivity index (χ3v) is 4.62. The van der Waals surface area contributed by atoms with Crippen LogP contribution in [-0.4, -0.2) is 17.4 Å². The Kier molecular flexibility index (Phi) is 3.53. The van der Waals surface area contributed by atoms with E-state index in [4.69, 9.17) is 4.42 Å². The summed E-state index contributed by atoms with van der Waals surface area (Å²) in [6.07, 6.45) is 2.51. The zero-order valence-corrected chi connectivity index (χ0v) is 13.7. The van der Waals surface area contributed by atoms with Gasteiger partial charge in [0, 0.05) is 35.3 Å². The smallest absolute Gasteiger partial charge is 0.269 e. The molecule has 2 aromatic carbocycles. The van der Waals surface area contributed by atoms with Gasteiger partial charge in [-0.05, 0) is 36.6 Å². The minimum Gasteiger partial charge on any atom is -0.464 e. The minimum absolute atomic E-state index is 0.0316. The van der Waals surface area contributed by atoms with E-state index in [1.165, 1.54) is 6.07 Å². The van der Waals surface area contributed by atoms with E-state index in [1.54, 1.807) is 23.3 Å². The van der Waals surface area contributed by atoms with Gasteiger partial charge in [-0.3, -0.25) is 14.9 Å². The Balaban J connectivity index is 1.59. The maximum Gasteiger partial charge on any atom is 0.269 e. The van der Waals surface area contributed by atoms with Crippen molar-refractivity contribution in [2.24, 2.45) is 0 Å². The van der Waals surface area contributed by atoms with Crippen LogP contribution in [0.25, 0.3) is 11.0 Å². The number of hydrogen-bond acceptors (Lipinski definition) is 4. The second-order valence-electron chi connectivity index (χ2n) is 6.30. The number of nitrogens with zero attached hydrogens (tertiary/aromatic N) is 2. The van der Waals surface area contributed by atoms with Crippen LogP contribution in [0.1, 0.15) is 16.7 Å². The molecule has 0 bridgehead atoms. The summed E-state index contributed by atoms with van der Waals surface area (Å²) in [5.41, 5.74) is 4.41. The summed E-state index contributed by atoms with van der Waals surface area (Å²) in [6.45, 7) is 2.54. The summed E-state index contributed by atoms with van der Waals surface area (Å²) < 4.78 is 5.56. The summed E-state index contributed by atoms with van der Waals surface area (Å²) in [5.74, 6) is -0.0316. The Morgan fingerprint density at radius 3 is 2.92 bits per heavy atom. The van der Waals surface area contributed by atoms with Crippen LogP contribution in [0.2, 0.25) is 0 Å².